The van der Waals surface area contributed by atoms with E-state index in [9.17, 15) is 5.11 Å². The van der Waals surface area contributed by atoms with Crippen LogP contribution in [0.5, 0.6) is 0 Å². The minimum absolute atomic E-state index is 0.281. The molecule has 0 amide bonds. The van der Waals surface area contributed by atoms with E-state index < -0.39 is 6.10 Å². The van der Waals surface area contributed by atoms with Gasteiger partial charge in [-0.25, -0.2) is 9.97 Å². The fourth-order valence-corrected chi connectivity index (χ4v) is 2.53. The zero-order valence-electron chi connectivity index (χ0n) is 13.2. The smallest absolute Gasteiger partial charge is 0.134 e. The Morgan fingerprint density at radius 2 is 2.22 bits per heavy atom. The van der Waals surface area contributed by atoms with Gasteiger partial charge in [-0.15, -0.1) is 0 Å². The molecule has 2 aromatic heterocycles. The van der Waals surface area contributed by atoms with E-state index in [2.05, 4.69) is 20.6 Å². The number of rotatable bonds is 6. The third kappa shape index (κ3) is 4.43. The van der Waals surface area contributed by atoms with Crippen LogP contribution in [0.3, 0.4) is 0 Å². The molecule has 1 aliphatic heterocycles. The summed E-state index contributed by atoms with van der Waals surface area (Å²) in [5, 5.41) is 16.5. The molecule has 0 aliphatic carbocycles. The first kappa shape index (κ1) is 15.8. The number of aryl methyl sites for hydroxylation is 1. The number of ether oxygens (including phenoxy) is 1. The van der Waals surface area contributed by atoms with Crippen LogP contribution in [0, 0.1) is 6.92 Å². The van der Waals surface area contributed by atoms with Crippen molar-refractivity contribution in [2.75, 3.05) is 30.4 Å². The highest BCUT2D eigenvalue weighted by Gasteiger charge is 2.15. The van der Waals surface area contributed by atoms with Gasteiger partial charge in [0.2, 0.25) is 0 Å². The van der Waals surface area contributed by atoms with Gasteiger partial charge in [0.25, 0.3) is 0 Å². The van der Waals surface area contributed by atoms with Crippen molar-refractivity contribution in [3.05, 3.63) is 36.0 Å². The van der Waals surface area contributed by atoms with Gasteiger partial charge in [0.15, 0.2) is 0 Å². The van der Waals surface area contributed by atoms with Crippen LogP contribution < -0.4 is 10.6 Å². The number of anilines is 2. The van der Waals surface area contributed by atoms with Gasteiger partial charge in [-0.05, 0) is 31.9 Å². The predicted molar refractivity (Wildman–Crippen MR) is 86.4 cm³/mol. The van der Waals surface area contributed by atoms with E-state index >= 15 is 0 Å². The number of hydrogen-bond acceptors (Lipinski definition) is 7. The average Bonchev–Trinajstić information content (AvgIpc) is 3.01. The molecule has 3 rings (SSSR count). The van der Waals surface area contributed by atoms with Gasteiger partial charge >= 0.3 is 0 Å². The number of hydrogen-bond donors (Lipinski definition) is 3. The normalized spacial score (nSPS) is 19.3. The molecular weight excluding hydrogens is 296 g/mol. The summed E-state index contributed by atoms with van der Waals surface area (Å²) in [6, 6.07) is 5.72. The third-order valence-electron chi connectivity index (χ3n) is 3.75. The molecule has 124 valence electrons. The van der Waals surface area contributed by atoms with Crippen LogP contribution >= 0.6 is 0 Å². The van der Waals surface area contributed by atoms with Crippen molar-refractivity contribution < 1.29 is 14.3 Å². The topological polar surface area (TPSA) is 92.4 Å². The van der Waals surface area contributed by atoms with Crippen molar-refractivity contribution in [1.29, 1.82) is 0 Å². The quantitative estimate of drug-likeness (QED) is 0.751. The van der Waals surface area contributed by atoms with Crippen molar-refractivity contribution in [2.45, 2.75) is 31.9 Å². The molecule has 2 atom stereocenters. The van der Waals surface area contributed by atoms with E-state index in [0.29, 0.717) is 24.7 Å². The van der Waals surface area contributed by atoms with Crippen LogP contribution in [0.4, 0.5) is 11.6 Å². The predicted octanol–water partition coefficient (Wildman–Crippen LogP) is 2.11. The van der Waals surface area contributed by atoms with E-state index in [4.69, 9.17) is 9.15 Å². The van der Waals surface area contributed by atoms with Crippen LogP contribution in [0.25, 0.3) is 0 Å². The summed E-state index contributed by atoms with van der Waals surface area (Å²) >= 11 is 0. The zero-order valence-corrected chi connectivity index (χ0v) is 13.2. The van der Waals surface area contributed by atoms with Gasteiger partial charge in [0.05, 0.1) is 12.6 Å². The Morgan fingerprint density at radius 3 is 2.96 bits per heavy atom. The molecule has 0 spiro atoms. The molecule has 7 heteroatoms. The maximum Gasteiger partial charge on any atom is 0.134 e. The molecule has 1 fully saturated rings. The Morgan fingerprint density at radius 1 is 1.35 bits per heavy atom. The second kappa shape index (κ2) is 7.43. The minimum atomic E-state index is -0.721. The Hall–Kier alpha value is -2.12. The van der Waals surface area contributed by atoms with E-state index in [0.717, 1.165) is 31.0 Å². The number of nitrogens with zero attached hydrogens (tertiary/aromatic N) is 2. The minimum Gasteiger partial charge on any atom is -0.464 e. The fraction of sp³-hybridized carbons (Fsp3) is 0.500. The van der Waals surface area contributed by atoms with Crippen molar-refractivity contribution in [3.8, 4) is 0 Å². The number of aliphatic hydroxyl groups excluding tert-OH is 1. The highest BCUT2D eigenvalue weighted by Crippen LogP contribution is 2.18. The molecule has 0 bridgehead atoms. The van der Waals surface area contributed by atoms with E-state index in [1.54, 1.807) is 6.07 Å². The lowest BCUT2D eigenvalue weighted by Crippen LogP contribution is -2.30. The Balaban J connectivity index is 1.54. The molecule has 2 aromatic rings. The van der Waals surface area contributed by atoms with Crippen molar-refractivity contribution in [3.63, 3.8) is 0 Å². The van der Waals surface area contributed by atoms with Gasteiger partial charge in [-0.3, -0.25) is 0 Å². The first-order chi connectivity index (χ1) is 11.2. The zero-order chi connectivity index (χ0) is 16.1. The summed E-state index contributed by atoms with van der Waals surface area (Å²) in [5.74, 6) is 2.73. The van der Waals surface area contributed by atoms with Crippen molar-refractivity contribution in [2.24, 2.45) is 0 Å². The van der Waals surface area contributed by atoms with Crippen molar-refractivity contribution in [1.82, 2.24) is 9.97 Å². The Bertz CT molecular complexity index is 625. The molecule has 1 aliphatic rings. The lowest BCUT2D eigenvalue weighted by Gasteiger charge is -2.23. The Labute approximate surface area is 135 Å². The van der Waals surface area contributed by atoms with Gasteiger partial charge in [-0.1, -0.05) is 0 Å². The standard InChI is InChI=1S/C16H22N4O3/c1-11-4-5-14(23-11)13(21)8-17-15-7-16(19-10-18-15)20-12-3-2-6-22-9-12/h4-5,7,10,12-13,21H,2-3,6,8-9H2,1H3,(H2,17,18,19,20)/t12-,13+/m0/s1. The maximum absolute atomic E-state index is 10.1. The van der Waals surface area contributed by atoms with Crippen LogP contribution in [-0.4, -0.2) is 40.9 Å². The molecule has 0 radical (unpaired) electrons. The largest absolute Gasteiger partial charge is 0.464 e. The number of furan rings is 1. The summed E-state index contributed by atoms with van der Waals surface area (Å²) < 4.78 is 10.9. The molecule has 0 saturated carbocycles. The fourth-order valence-electron chi connectivity index (χ4n) is 2.53. The SMILES string of the molecule is Cc1ccc([C@H](O)CNc2cc(N[C@H]3CCCOC3)ncn2)o1. The van der Waals surface area contributed by atoms with Crippen LogP contribution in [0.15, 0.2) is 28.9 Å². The second-order valence-corrected chi connectivity index (χ2v) is 5.69. The van der Waals surface area contributed by atoms with E-state index in [1.165, 1.54) is 6.33 Å². The van der Waals surface area contributed by atoms with Gasteiger partial charge in [0, 0.05) is 19.2 Å². The van der Waals surface area contributed by atoms with E-state index in [-0.39, 0.29) is 6.04 Å². The number of aromatic nitrogens is 2. The van der Waals surface area contributed by atoms with Gasteiger partial charge in [0.1, 0.15) is 35.6 Å². The number of nitrogens with one attached hydrogen (secondary N) is 2. The first-order valence-electron chi connectivity index (χ1n) is 7.85. The molecule has 0 aromatic carbocycles. The van der Waals surface area contributed by atoms with Crippen LogP contribution in [0.2, 0.25) is 0 Å². The summed E-state index contributed by atoms with van der Waals surface area (Å²) in [7, 11) is 0. The van der Waals surface area contributed by atoms with Crippen molar-refractivity contribution >= 4 is 11.6 Å². The Kier molecular flexibility index (Phi) is 5.09. The first-order valence-corrected chi connectivity index (χ1v) is 7.85. The highest BCUT2D eigenvalue weighted by atomic mass is 16.5. The molecule has 23 heavy (non-hydrogen) atoms. The van der Waals surface area contributed by atoms with Crippen LogP contribution in [0.1, 0.15) is 30.5 Å². The number of aliphatic hydroxyl groups is 1. The lowest BCUT2D eigenvalue weighted by molar-refractivity contribution is 0.0875. The van der Waals surface area contributed by atoms with Crippen LogP contribution in [-0.2, 0) is 4.74 Å². The molecule has 0 unspecified atom stereocenters. The molecule has 3 N–H and O–H groups in total. The monoisotopic (exact) mass is 318 g/mol. The summed E-state index contributed by atoms with van der Waals surface area (Å²) in [6.07, 6.45) is 2.91. The van der Waals surface area contributed by atoms with E-state index in [1.807, 2.05) is 19.1 Å². The van der Waals surface area contributed by atoms with Gasteiger partial charge in [-0.2, -0.15) is 0 Å². The average molecular weight is 318 g/mol. The molecule has 3 heterocycles. The molecule has 1 saturated heterocycles. The highest BCUT2D eigenvalue weighted by molar-refractivity contribution is 5.47. The summed E-state index contributed by atoms with van der Waals surface area (Å²) in [4.78, 5) is 8.39. The molecular formula is C16H22N4O3. The third-order valence-corrected chi connectivity index (χ3v) is 3.75. The molecule has 7 nitrogen and oxygen atoms in total. The second-order valence-electron chi connectivity index (χ2n) is 5.69. The van der Waals surface area contributed by atoms with Gasteiger partial charge < -0.3 is 24.9 Å². The maximum atomic E-state index is 10.1. The lowest BCUT2D eigenvalue weighted by atomic mass is 10.1. The summed E-state index contributed by atoms with van der Waals surface area (Å²) in [6.45, 7) is 3.69. The summed E-state index contributed by atoms with van der Waals surface area (Å²) in [5.41, 5.74) is 0.